The van der Waals surface area contributed by atoms with E-state index in [-0.39, 0.29) is 0 Å². The molecule has 1 saturated heterocycles. The fourth-order valence-electron chi connectivity index (χ4n) is 1.03. The molecule has 0 spiro atoms. The van der Waals surface area contributed by atoms with E-state index in [0.29, 0.717) is 0 Å². The molecule has 1 nitrogen and oxygen atoms in total. The van der Waals surface area contributed by atoms with Gasteiger partial charge in [0.25, 0.3) is 0 Å². The summed E-state index contributed by atoms with van der Waals surface area (Å²) >= 11 is 0. The summed E-state index contributed by atoms with van der Waals surface area (Å²) in [5.74, 6) is 0. The first-order valence-corrected chi connectivity index (χ1v) is 3.15. The van der Waals surface area contributed by atoms with Crippen molar-refractivity contribution in [2.24, 2.45) is 0 Å². The van der Waals surface area contributed by atoms with E-state index >= 15 is 0 Å². The predicted molar refractivity (Wildman–Crippen MR) is 31.4 cm³/mol. The summed E-state index contributed by atoms with van der Waals surface area (Å²) in [5.41, 5.74) is 0. The monoisotopic (exact) mass is 117 g/mol. The molecule has 1 rings (SSSR count). The van der Waals surface area contributed by atoms with Crippen molar-refractivity contribution in [2.75, 3.05) is 13.6 Å². The normalized spacial score (nSPS) is 33.0. The van der Waals surface area contributed by atoms with Crippen molar-refractivity contribution in [1.82, 2.24) is 4.90 Å². The average Bonchev–Trinajstić information content (AvgIpc) is 1.77. The molecular weight excluding hydrogens is 105 g/mol. The Kier molecular flexibility index (Phi) is 1.84. The first-order valence-electron chi connectivity index (χ1n) is 3.15. The maximum absolute atomic E-state index is 12.5. The number of halogens is 1. The second kappa shape index (κ2) is 2.44. The Bertz CT molecular complexity index is 64.9. The van der Waals surface area contributed by atoms with Crippen molar-refractivity contribution in [2.45, 2.75) is 25.6 Å². The molecule has 0 radical (unpaired) electrons. The van der Waals surface area contributed by atoms with E-state index in [1.807, 2.05) is 7.05 Å². The van der Waals surface area contributed by atoms with Gasteiger partial charge in [0.05, 0.1) is 0 Å². The van der Waals surface area contributed by atoms with Gasteiger partial charge in [-0.05, 0) is 26.3 Å². The molecule has 0 aromatic carbocycles. The topological polar surface area (TPSA) is 3.24 Å². The number of piperidine rings is 1. The molecule has 0 N–H and O–H groups in total. The standard InChI is InChI=1S/C6H12FN/c1-8-5-3-2-4-6(8)7/h6H,2-5H2,1H3. The van der Waals surface area contributed by atoms with Crippen LogP contribution in [-0.2, 0) is 0 Å². The molecule has 2 heteroatoms. The van der Waals surface area contributed by atoms with Crippen molar-refractivity contribution in [3.63, 3.8) is 0 Å². The van der Waals surface area contributed by atoms with E-state index < -0.39 is 6.30 Å². The van der Waals surface area contributed by atoms with E-state index in [1.165, 1.54) is 0 Å². The molecule has 0 aliphatic carbocycles. The fraction of sp³-hybridized carbons (Fsp3) is 1.00. The Morgan fingerprint density at radius 2 is 2.25 bits per heavy atom. The third kappa shape index (κ3) is 1.19. The number of alkyl halides is 1. The molecule has 1 unspecified atom stereocenters. The second-order valence-electron chi connectivity index (χ2n) is 2.41. The average molecular weight is 117 g/mol. The van der Waals surface area contributed by atoms with Crippen LogP contribution in [0.25, 0.3) is 0 Å². The molecule has 0 saturated carbocycles. The fourth-order valence-corrected chi connectivity index (χ4v) is 1.03. The summed E-state index contributed by atoms with van der Waals surface area (Å²) in [6.07, 6.45) is 2.29. The zero-order valence-corrected chi connectivity index (χ0v) is 5.23. The number of likely N-dealkylation sites (tertiary alicyclic amines) is 1. The molecule has 0 aromatic heterocycles. The molecule has 0 bridgehead atoms. The van der Waals surface area contributed by atoms with Crippen molar-refractivity contribution in [3.05, 3.63) is 0 Å². The Morgan fingerprint density at radius 3 is 2.62 bits per heavy atom. The van der Waals surface area contributed by atoms with Gasteiger partial charge < -0.3 is 0 Å². The maximum Gasteiger partial charge on any atom is 0.153 e. The van der Waals surface area contributed by atoms with Gasteiger partial charge in [-0.2, -0.15) is 0 Å². The lowest BCUT2D eigenvalue weighted by atomic mass is 10.1. The zero-order valence-electron chi connectivity index (χ0n) is 5.23. The SMILES string of the molecule is CN1CCCCC1F. The van der Waals surface area contributed by atoms with E-state index in [2.05, 4.69) is 0 Å². The molecule has 48 valence electrons. The Hall–Kier alpha value is -0.110. The van der Waals surface area contributed by atoms with Crippen LogP contribution >= 0.6 is 0 Å². The summed E-state index contributed by atoms with van der Waals surface area (Å²) < 4.78 is 12.5. The molecule has 0 aromatic rings. The van der Waals surface area contributed by atoms with Crippen molar-refractivity contribution in [1.29, 1.82) is 0 Å². The zero-order chi connectivity index (χ0) is 5.98. The smallest absolute Gasteiger partial charge is 0.153 e. The van der Waals surface area contributed by atoms with Crippen LogP contribution in [0.1, 0.15) is 19.3 Å². The number of hydrogen-bond acceptors (Lipinski definition) is 1. The number of hydrogen-bond donors (Lipinski definition) is 0. The van der Waals surface area contributed by atoms with Crippen LogP contribution in [0.15, 0.2) is 0 Å². The molecule has 1 aliphatic heterocycles. The maximum atomic E-state index is 12.5. The van der Waals surface area contributed by atoms with Crippen molar-refractivity contribution < 1.29 is 4.39 Å². The van der Waals surface area contributed by atoms with Crippen LogP contribution < -0.4 is 0 Å². The molecule has 0 amide bonds. The summed E-state index contributed by atoms with van der Waals surface area (Å²) in [6.45, 7) is 0.932. The molecule has 1 fully saturated rings. The molecule has 1 atom stereocenters. The van der Waals surface area contributed by atoms with Crippen LogP contribution in [-0.4, -0.2) is 24.8 Å². The van der Waals surface area contributed by atoms with Crippen LogP contribution in [0, 0.1) is 0 Å². The Balaban J connectivity index is 2.28. The van der Waals surface area contributed by atoms with Gasteiger partial charge in [-0.3, -0.25) is 4.90 Å². The highest BCUT2D eigenvalue weighted by molar-refractivity contribution is 4.63. The van der Waals surface area contributed by atoms with Gasteiger partial charge in [-0.15, -0.1) is 0 Å². The molecule has 8 heavy (non-hydrogen) atoms. The summed E-state index contributed by atoms with van der Waals surface area (Å²) in [6, 6.07) is 0. The van der Waals surface area contributed by atoms with Crippen LogP contribution in [0.3, 0.4) is 0 Å². The van der Waals surface area contributed by atoms with Crippen molar-refractivity contribution >= 4 is 0 Å². The first kappa shape index (κ1) is 6.02. The van der Waals surface area contributed by atoms with Gasteiger partial charge in [0.15, 0.2) is 6.30 Å². The van der Waals surface area contributed by atoms with E-state index in [0.717, 1.165) is 25.8 Å². The minimum atomic E-state index is -0.663. The van der Waals surface area contributed by atoms with Gasteiger partial charge in [-0.25, -0.2) is 4.39 Å². The third-order valence-corrected chi connectivity index (χ3v) is 1.68. The quantitative estimate of drug-likeness (QED) is 0.433. The Morgan fingerprint density at radius 1 is 1.50 bits per heavy atom. The lowest BCUT2D eigenvalue weighted by Gasteiger charge is -2.25. The Labute approximate surface area is 49.5 Å². The highest BCUT2D eigenvalue weighted by Gasteiger charge is 2.16. The lowest BCUT2D eigenvalue weighted by molar-refractivity contribution is 0.0713. The minimum Gasteiger partial charge on any atom is -0.277 e. The highest BCUT2D eigenvalue weighted by Crippen LogP contribution is 2.14. The third-order valence-electron chi connectivity index (χ3n) is 1.68. The van der Waals surface area contributed by atoms with Gasteiger partial charge in [0.1, 0.15) is 0 Å². The largest absolute Gasteiger partial charge is 0.277 e. The lowest BCUT2D eigenvalue weighted by Crippen LogP contribution is -2.32. The van der Waals surface area contributed by atoms with Crippen molar-refractivity contribution in [3.8, 4) is 0 Å². The summed E-state index contributed by atoms with van der Waals surface area (Å²) in [5, 5.41) is 0. The predicted octanol–water partition coefficient (Wildman–Crippen LogP) is 1.40. The molecule has 1 aliphatic rings. The minimum absolute atomic E-state index is 0.663. The van der Waals surface area contributed by atoms with Gasteiger partial charge >= 0.3 is 0 Å². The number of nitrogens with zero attached hydrogens (tertiary/aromatic N) is 1. The van der Waals surface area contributed by atoms with Gasteiger partial charge in [0.2, 0.25) is 0 Å². The first-order chi connectivity index (χ1) is 3.80. The second-order valence-corrected chi connectivity index (χ2v) is 2.41. The number of rotatable bonds is 0. The van der Waals surface area contributed by atoms with Crippen LogP contribution in [0.2, 0.25) is 0 Å². The van der Waals surface area contributed by atoms with E-state index in [1.54, 1.807) is 4.90 Å². The molecular formula is C6H12FN. The van der Waals surface area contributed by atoms with E-state index in [9.17, 15) is 4.39 Å². The van der Waals surface area contributed by atoms with Crippen LogP contribution in [0.5, 0.6) is 0 Å². The van der Waals surface area contributed by atoms with Gasteiger partial charge in [0, 0.05) is 6.54 Å². The summed E-state index contributed by atoms with van der Waals surface area (Å²) in [4.78, 5) is 1.77. The highest BCUT2D eigenvalue weighted by atomic mass is 19.1. The summed E-state index contributed by atoms with van der Waals surface area (Å²) in [7, 11) is 1.84. The molecule has 1 heterocycles. The van der Waals surface area contributed by atoms with Crippen LogP contribution in [0.4, 0.5) is 4.39 Å². The van der Waals surface area contributed by atoms with Gasteiger partial charge in [-0.1, -0.05) is 0 Å². The van der Waals surface area contributed by atoms with E-state index in [4.69, 9.17) is 0 Å².